The number of nitrogens with zero attached hydrogens (tertiary/aromatic N) is 2. The van der Waals surface area contributed by atoms with Gasteiger partial charge in [0.1, 0.15) is 0 Å². The van der Waals surface area contributed by atoms with Gasteiger partial charge < -0.3 is 20.9 Å². The van der Waals surface area contributed by atoms with E-state index in [1.165, 1.54) is 11.3 Å². The largest absolute Gasteiger partial charge is 0.399 e. The van der Waals surface area contributed by atoms with Crippen molar-refractivity contribution < 1.29 is 9.59 Å². The molecule has 0 atom stereocenters. The van der Waals surface area contributed by atoms with Crippen molar-refractivity contribution in [3.05, 3.63) is 53.6 Å². The molecule has 1 fully saturated rings. The normalized spacial score (nSPS) is 16.8. The topological polar surface area (TPSA) is 78.7 Å². The summed E-state index contributed by atoms with van der Waals surface area (Å²) in [5, 5.41) is 2.95. The fraction of sp³-hybridized carbons (Fsp3) is 0.300. The van der Waals surface area contributed by atoms with Crippen molar-refractivity contribution in [3.8, 4) is 0 Å². The number of nitrogens with two attached hydrogens (primary N) is 1. The number of nitrogen functional groups attached to an aromatic ring is 1. The van der Waals surface area contributed by atoms with Crippen LogP contribution in [0.3, 0.4) is 0 Å². The van der Waals surface area contributed by atoms with E-state index in [1.807, 2.05) is 17.0 Å². The average molecular weight is 350 g/mol. The molecule has 2 aromatic carbocycles. The maximum Gasteiger partial charge on any atom is 0.253 e. The molecular weight excluding hydrogens is 328 g/mol. The lowest BCUT2D eigenvalue weighted by Gasteiger charge is -2.38. The van der Waals surface area contributed by atoms with E-state index in [9.17, 15) is 9.59 Å². The van der Waals surface area contributed by atoms with Gasteiger partial charge in [-0.15, -0.1) is 0 Å². The van der Waals surface area contributed by atoms with Gasteiger partial charge in [-0.25, -0.2) is 0 Å². The molecule has 0 radical (unpaired) electrons. The first kappa shape index (κ1) is 16.4. The second kappa shape index (κ2) is 6.71. The van der Waals surface area contributed by atoms with Crippen molar-refractivity contribution in [2.24, 2.45) is 0 Å². The summed E-state index contributed by atoms with van der Waals surface area (Å²) < 4.78 is 0. The van der Waals surface area contributed by atoms with Crippen molar-refractivity contribution in [2.45, 2.75) is 12.8 Å². The zero-order valence-electron chi connectivity index (χ0n) is 14.6. The van der Waals surface area contributed by atoms with E-state index in [0.717, 1.165) is 25.2 Å². The standard InChI is InChI=1S/C20H22N4O2/c21-15-6-4-14(5-7-15)20(26)24-12-10-23(11-13-24)18-3-1-2-17-16(18)8-9-19(25)22-17/h1-7H,8-13,21H2,(H,22,25). The van der Waals surface area contributed by atoms with Gasteiger partial charge in [0.2, 0.25) is 5.91 Å². The number of amides is 2. The Balaban J connectivity index is 1.46. The molecule has 0 spiro atoms. The molecule has 2 aliphatic rings. The highest BCUT2D eigenvalue weighted by atomic mass is 16.2. The predicted molar refractivity (Wildman–Crippen MR) is 102 cm³/mol. The number of nitrogens with one attached hydrogen (secondary N) is 1. The SMILES string of the molecule is Nc1ccc(C(=O)N2CCN(c3cccc4c3CCC(=O)N4)CC2)cc1. The van der Waals surface area contributed by atoms with Crippen molar-refractivity contribution >= 4 is 28.9 Å². The summed E-state index contributed by atoms with van der Waals surface area (Å²) in [6.07, 6.45) is 1.29. The number of carbonyl (C=O) groups excluding carboxylic acids is 2. The molecule has 2 aliphatic heterocycles. The molecule has 0 bridgehead atoms. The van der Waals surface area contributed by atoms with Gasteiger partial charge >= 0.3 is 0 Å². The summed E-state index contributed by atoms with van der Waals surface area (Å²) in [7, 11) is 0. The smallest absolute Gasteiger partial charge is 0.253 e. The summed E-state index contributed by atoms with van der Waals surface area (Å²) in [5.41, 5.74) is 10.3. The van der Waals surface area contributed by atoms with Crippen LogP contribution in [-0.4, -0.2) is 42.9 Å². The molecule has 0 aromatic heterocycles. The number of piperazine rings is 1. The van der Waals surface area contributed by atoms with Crippen LogP contribution in [-0.2, 0) is 11.2 Å². The van der Waals surface area contributed by atoms with Crippen molar-refractivity contribution in [2.75, 3.05) is 42.1 Å². The molecule has 6 nitrogen and oxygen atoms in total. The van der Waals surface area contributed by atoms with Gasteiger partial charge in [-0.05, 0) is 48.4 Å². The Kier molecular flexibility index (Phi) is 4.24. The summed E-state index contributed by atoms with van der Waals surface area (Å²) in [5.74, 6) is 0.126. The number of anilines is 3. The molecule has 2 heterocycles. The van der Waals surface area contributed by atoms with Gasteiger partial charge in [0, 0.05) is 55.2 Å². The lowest BCUT2D eigenvalue weighted by Crippen LogP contribution is -2.49. The lowest BCUT2D eigenvalue weighted by molar-refractivity contribution is -0.116. The van der Waals surface area contributed by atoms with Gasteiger partial charge in [0.05, 0.1) is 0 Å². The van der Waals surface area contributed by atoms with Crippen LogP contribution < -0.4 is 16.0 Å². The van der Waals surface area contributed by atoms with E-state index in [0.29, 0.717) is 30.8 Å². The van der Waals surface area contributed by atoms with Crippen LogP contribution in [0.15, 0.2) is 42.5 Å². The second-order valence-electron chi connectivity index (χ2n) is 6.75. The van der Waals surface area contributed by atoms with Crippen LogP contribution in [0.2, 0.25) is 0 Å². The number of fused-ring (bicyclic) bond motifs is 1. The van der Waals surface area contributed by atoms with Crippen LogP contribution in [0.5, 0.6) is 0 Å². The highest BCUT2D eigenvalue weighted by molar-refractivity contribution is 5.96. The van der Waals surface area contributed by atoms with Gasteiger partial charge in [-0.2, -0.15) is 0 Å². The Bertz CT molecular complexity index is 839. The maximum atomic E-state index is 12.6. The first-order valence-corrected chi connectivity index (χ1v) is 8.93. The number of hydrogen-bond donors (Lipinski definition) is 2. The Morgan fingerprint density at radius 1 is 0.962 bits per heavy atom. The Morgan fingerprint density at radius 3 is 2.42 bits per heavy atom. The van der Waals surface area contributed by atoms with Gasteiger partial charge in [-0.1, -0.05) is 6.07 Å². The summed E-state index contributed by atoms with van der Waals surface area (Å²) in [6, 6.07) is 13.1. The number of benzene rings is 2. The number of carbonyl (C=O) groups is 2. The zero-order valence-corrected chi connectivity index (χ0v) is 14.6. The highest BCUT2D eigenvalue weighted by Crippen LogP contribution is 2.32. The van der Waals surface area contributed by atoms with Gasteiger partial charge in [-0.3, -0.25) is 9.59 Å². The Labute approximate surface area is 152 Å². The highest BCUT2D eigenvalue weighted by Gasteiger charge is 2.25. The van der Waals surface area contributed by atoms with E-state index in [2.05, 4.69) is 16.3 Å². The molecule has 2 amide bonds. The van der Waals surface area contributed by atoms with E-state index >= 15 is 0 Å². The minimum absolute atomic E-state index is 0.0482. The molecule has 26 heavy (non-hydrogen) atoms. The summed E-state index contributed by atoms with van der Waals surface area (Å²) in [6.45, 7) is 2.93. The minimum atomic E-state index is 0.0482. The molecule has 2 aromatic rings. The molecule has 0 saturated carbocycles. The van der Waals surface area contributed by atoms with Gasteiger partial charge in [0.25, 0.3) is 5.91 Å². The fourth-order valence-electron chi connectivity index (χ4n) is 3.66. The third kappa shape index (κ3) is 3.10. The second-order valence-corrected chi connectivity index (χ2v) is 6.75. The van der Waals surface area contributed by atoms with E-state index in [-0.39, 0.29) is 11.8 Å². The molecule has 3 N–H and O–H groups in total. The van der Waals surface area contributed by atoms with Crippen LogP contribution in [0.25, 0.3) is 0 Å². The van der Waals surface area contributed by atoms with Crippen LogP contribution in [0.4, 0.5) is 17.1 Å². The lowest BCUT2D eigenvalue weighted by atomic mass is 10.00. The molecule has 4 rings (SSSR count). The third-order valence-corrected chi connectivity index (χ3v) is 5.09. The van der Waals surface area contributed by atoms with Crippen LogP contribution in [0.1, 0.15) is 22.3 Å². The van der Waals surface area contributed by atoms with E-state index in [4.69, 9.17) is 5.73 Å². The fourth-order valence-corrected chi connectivity index (χ4v) is 3.66. The van der Waals surface area contributed by atoms with Crippen molar-refractivity contribution in [1.29, 1.82) is 0 Å². The van der Waals surface area contributed by atoms with Crippen molar-refractivity contribution in [1.82, 2.24) is 4.90 Å². The van der Waals surface area contributed by atoms with E-state index in [1.54, 1.807) is 24.3 Å². The Hall–Kier alpha value is -3.02. The first-order chi connectivity index (χ1) is 12.6. The third-order valence-electron chi connectivity index (χ3n) is 5.09. The predicted octanol–water partition coefficient (Wildman–Crippen LogP) is 2.12. The first-order valence-electron chi connectivity index (χ1n) is 8.93. The molecule has 6 heteroatoms. The van der Waals surface area contributed by atoms with Crippen LogP contribution in [0, 0.1) is 0 Å². The number of rotatable bonds is 2. The zero-order chi connectivity index (χ0) is 18.1. The van der Waals surface area contributed by atoms with E-state index < -0.39 is 0 Å². The monoisotopic (exact) mass is 350 g/mol. The molecule has 134 valence electrons. The summed E-state index contributed by atoms with van der Waals surface area (Å²) in [4.78, 5) is 28.4. The Morgan fingerprint density at radius 2 is 1.69 bits per heavy atom. The van der Waals surface area contributed by atoms with Crippen LogP contribution >= 0.6 is 0 Å². The number of hydrogen-bond acceptors (Lipinski definition) is 4. The molecular formula is C20H22N4O2. The average Bonchev–Trinajstić information content (AvgIpc) is 2.67. The molecule has 1 saturated heterocycles. The molecule has 0 unspecified atom stereocenters. The summed E-state index contributed by atoms with van der Waals surface area (Å²) >= 11 is 0. The maximum absolute atomic E-state index is 12.6. The minimum Gasteiger partial charge on any atom is -0.399 e. The van der Waals surface area contributed by atoms with Gasteiger partial charge in [0.15, 0.2) is 0 Å². The molecule has 0 aliphatic carbocycles. The van der Waals surface area contributed by atoms with Crippen molar-refractivity contribution in [3.63, 3.8) is 0 Å². The quantitative estimate of drug-likeness (QED) is 0.813.